The van der Waals surface area contributed by atoms with Crippen LogP contribution in [0.5, 0.6) is 0 Å². The zero-order valence-electron chi connectivity index (χ0n) is 19.6. The van der Waals surface area contributed by atoms with Gasteiger partial charge in [0.25, 0.3) is 0 Å². The van der Waals surface area contributed by atoms with Gasteiger partial charge in [0.1, 0.15) is 7.05 Å². The zero-order chi connectivity index (χ0) is 21.8. The molecule has 3 nitrogen and oxygen atoms in total. The molecule has 0 saturated carbocycles. The molecule has 3 heteroatoms. The van der Waals surface area contributed by atoms with Gasteiger partial charge in [-0.25, -0.2) is 9.55 Å². The number of hydrogen-bond donors (Lipinski definition) is 0. The normalized spacial score (nSPS) is 13.4. The molecule has 4 rings (SSSR count). The molecular formula is C25H29N2O+. The maximum atomic E-state index is 8.29. The number of rotatable bonds is 4. The Hall–Kier alpha value is -2.68. The first kappa shape index (κ1) is 16.3. The smallest absolute Gasteiger partial charge is 0.227 e. The number of aromatic nitrogens is 2. The molecule has 0 radical (unpaired) electrons. The van der Waals surface area contributed by atoms with Crippen LogP contribution in [-0.4, -0.2) is 4.98 Å². The highest BCUT2D eigenvalue weighted by atomic mass is 16.3. The first-order valence-corrected chi connectivity index (χ1v) is 9.98. The van der Waals surface area contributed by atoms with Gasteiger partial charge < -0.3 is 4.42 Å². The minimum atomic E-state index is -1.41. The first-order chi connectivity index (χ1) is 14.1. The summed E-state index contributed by atoms with van der Waals surface area (Å²) < 4.78 is 24.9. The number of fused-ring (bicyclic) bond motifs is 3. The van der Waals surface area contributed by atoms with E-state index < -0.39 is 6.37 Å². The summed E-state index contributed by atoms with van der Waals surface area (Å²) in [7, 11) is 1.98. The van der Waals surface area contributed by atoms with Gasteiger partial charge in [-0.2, -0.15) is 0 Å². The molecule has 0 spiro atoms. The van der Waals surface area contributed by atoms with E-state index in [1.54, 1.807) is 6.92 Å². The molecule has 0 aliphatic rings. The molecule has 0 atom stereocenters. The molecule has 0 unspecified atom stereocenters. The molecule has 0 bridgehead atoms. The van der Waals surface area contributed by atoms with Crippen LogP contribution in [0, 0.1) is 6.92 Å². The lowest BCUT2D eigenvalue weighted by Crippen LogP contribution is -2.32. The van der Waals surface area contributed by atoms with Gasteiger partial charge in [-0.1, -0.05) is 39.8 Å². The molecule has 144 valence electrons. The Morgan fingerprint density at radius 1 is 1.14 bits per heavy atom. The van der Waals surface area contributed by atoms with Crippen molar-refractivity contribution in [2.45, 2.75) is 53.3 Å². The van der Waals surface area contributed by atoms with Gasteiger partial charge in [-0.3, -0.25) is 0 Å². The number of benzene rings is 1. The Labute approximate surface area is 169 Å². The van der Waals surface area contributed by atoms with E-state index in [9.17, 15) is 0 Å². The van der Waals surface area contributed by atoms with Crippen molar-refractivity contribution in [1.82, 2.24) is 4.98 Å². The third-order valence-corrected chi connectivity index (χ3v) is 5.59. The molecule has 0 saturated heterocycles. The Bertz CT molecular complexity index is 1270. The van der Waals surface area contributed by atoms with Crippen LogP contribution >= 0.6 is 0 Å². The number of pyridine rings is 2. The summed E-state index contributed by atoms with van der Waals surface area (Å²) >= 11 is 0. The molecule has 0 N–H and O–H groups in total. The predicted molar refractivity (Wildman–Crippen MR) is 116 cm³/mol. The quantitative estimate of drug-likeness (QED) is 0.408. The second-order valence-electron chi connectivity index (χ2n) is 7.79. The second kappa shape index (κ2) is 7.05. The van der Waals surface area contributed by atoms with Gasteiger partial charge >= 0.3 is 0 Å². The molecule has 0 amide bonds. The van der Waals surface area contributed by atoms with Gasteiger partial charge in [0, 0.05) is 30.8 Å². The van der Waals surface area contributed by atoms with Crippen LogP contribution in [0.4, 0.5) is 0 Å². The second-order valence-corrected chi connectivity index (χ2v) is 7.79. The molecule has 28 heavy (non-hydrogen) atoms. The summed E-state index contributed by atoms with van der Waals surface area (Å²) in [5.74, 6) is 0.207. The maximum Gasteiger partial charge on any atom is 0.227 e. The average molecular weight is 376 g/mol. The van der Waals surface area contributed by atoms with Crippen molar-refractivity contribution in [3.63, 3.8) is 0 Å². The lowest BCUT2D eigenvalue weighted by atomic mass is 9.93. The van der Waals surface area contributed by atoms with Gasteiger partial charge in [-0.15, -0.1) is 0 Å². The highest BCUT2D eigenvalue weighted by Gasteiger charge is 2.23. The number of furan rings is 1. The standard InChI is InChI=1S/C25H29N2O/c1-7-17-14-27(6)22(13-21(17)15(3)4)23-16(5)9-11-19-20-12-10-18(8-2)26-25(20)28-24(19)23/h9-15H,7-8H2,1-6H3/q+1/i7D2. The van der Waals surface area contributed by atoms with E-state index in [-0.39, 0.29) is 5.92 Å². The van der Waals surface area contributed by atoms with Crippen LogP contribution in [0.3, 0.4) is 0 Å². The van der Waals surface area contributed by atoms with Crippen molar-refractivity contribution in [3.8, 4) is 11.3 Å². The minimum absolute atomic E-state index is 0.207. The van der Waals surface area contributed by atoms with Crippen molar-refractivity contribution < 1.29 is 11.7 Å². The third kappa shape index (κ3) is 2.90. The molecule has 1 aromatic carbocycles. The molecule has 0 aliphatic carbocycles. The van der Waals surface area contributed by atoms with Gasteiger partial charge in [0.15, 0.2) is 11.8 Å². The summed E-state index contributed by atoms with van der Waals surface area (Å²) in [6, 6.07) is 10.5. The molecule has 0 fully saturated rings. The average Bonchev–Trinajstić information content (AvgIpc) is 3.04. The van der Waals surface area contributed by atoms with Crippen molar-refractivity contribution in [3.05, 3.63) is 58.9 Å². The monoisotopic (exact) mass is 375 g/mol. The number of aryl methyl sites for hydroxylation is 4. The first-order valence-electron chi connectivity index (χ1n) is 11.0. The molecule has 4 aromatic rings. The SMILES string of the molecule is [2H]C([2H])(C)c1c[n+](C)c(-c2c(C)ccc3c2oc2nc(CC)ccc23)cc1C(C)C. The Kier molecular flexibility index (Phi) is 4.10. The van der Waals surface area contributed by atoms with Crippen LogP contribution in [0.25, 0.3) is 33.3 Å². The van der Waals surface area contributed by atoms with Gasteiger partial charge in [-0.05, 0) is 48.9 Å². The number of hydrogen-bond acceptors (Lipinski definition) is 2. The Morgan fingerprint density at radius 2 is 1.89 bits per heavy atom. The predicted octanol–water partition coefficient (Wildman–Crippen LogP) is 6.03. The summed E-state index contributed by atoms with van der Waals surface area (Å²) in [5.41, 5.74) is 7.45. The van der Waals surface area contributed by atoms with E-state index in [1.807, 2.05) is 17.8 Å². The van der Waals surface area contributed by atoms with Crippen LogP contribution < -0.4 is 4.57 Å². The largest absolute Gasteiger partial charge is 0.437 e. The molecule has 3 aromatic heterocycles. The van der Waals surface area contributed by atoms with Crippen molar-refractivity contribution in [2.75, 3.05) is 0 Å². The molecule has 3 heterocycles. The minimum Gasteiger partial charge on any atom is -0.437 e. The number of nitrogens with zero attached hydrogens (tertiary/aromatic N) is 2. The van der Waals surface area contributed by atoms with Crippen LogP contribution in [0.2, 0.25) is 0 Å². The lowest BCUT2D eigenvalue weighted by Gasteiger charge is -2.13. The summed E-state index contributed by atoms with van der Waals surface area (Å²) in [5, 5.41) is 2.08. The third-order valence-electron chi connectivity index (χ3n) is 5.59. The van der Waals surface area contributed by atoms with Crippen LogP contribution in [0.15, 0.2) is 40.9 Å². The highest BCUT2D eigenvalue weighted by Crippen LogP contribution is 2.37. The van der Waals surface area contributed by atoms with E-state index in [4.69, 9.17) is 7.16 Å². The fourth-order valence-electron chi connectivity index (χ4n) is 3.97. The summed E-state index contributed by atoms with van der Waals surface area (Å²) in [6.07, 6.45) is 1.39. The van der Waals surface area contributed by atoms with E-state index in [0.717, 1.165) is 56.4 Å². The van der Waals surface area contributed by atoms with Crippen molar-refractivity contribution in [2.24, 2.45) is 7.05 Å². The zero-order valence-corrected chi connectivity index (χ0v) is 17.6. The lowest BCUT2D eigenvalue weighted by molar-refractivity contribution is -0.660. The fourth-order valence-corrected chi connectivity index (χ4v) is 3.97. The molecule has 0 aliphatic heterocycles. The van der Waals surface area contributed by atoms with Crippen LogP contribution in [0.1, 0.15) is 58.7 Å². The fraction of sp³-hybridized carbons (Fsp3) is 0.360. The van der Waals surface area contributed by atoms with E-state index >= 15 is 0 Å². The summed E-state index contributed by atoms with van der Waals surface area (Å²) in [6.45, 7) is 10.0. The van der Waals surface area contributed by atoms with Gasteiger partial charge in [0.05, 0.1) is 5.56 Å². The van der Waals surface area contributed by atoms with Gasteiger partial charge in [0.2, 0.25) is 11.4 Å². The van der Waals surface area contributed by atoms with E-state index in [2.05, 4.69) is 63.0 Å². The topological polar surface area (TPSA) is 29.9 Å². The summed E-state index contributed by atoms with van der Waals surface area (Å²) in [4.78, 5) is 4.69. The van der Waals surface area contributed by atoms with Crippen LogP contribution in [-0.2, 0) is 19.8 Å². The van der Waals surface area contributed by atoms with E-state index in [0.29, 0.717) is 5.71 Å². The van der Waals surface area contributed by atoms with Crippen molar-refractivity contribution >= 4 is 22.1 Å². The maximum absolute atomic E-state index is 8.29. The van der Waals surface area contributed by atoms with Crippen molar-refractivity contribution in [1.29, 1.82) is 0 Å². The van der Waals surface area contributed by atoms with E-state index in [1.165, 1.54) is 0 Å². The molecular weight excluding hydrogens is 344 g/mol. The highest BCUT2D eigenvalue weighted by molar-refractivity contribution is 6.08. The Morgan fingerprint density at radius 3 is 2.57 bits per heavy atom. The Balaban J connectivity index is 2.06.